The Labute approximate surface area is 192 Å². The number of anilines is 2. The smallest absolute Gasteiger partial charge is 0.278 e. The van der Waals surface area contributed by atoms with Crippen LogP contribution in [0.5, 0.6) is 0 Å². The molecule has 0 atom stereocenters. The van der Waals surface area contributed by atoms with Crippen molar-refractivity contribution in [3.8, 4) is 0 Å². The summed E-state index contributed by atoms with van der Waals surface area (Å²) in [5.41, 5.74) is 2.89. The highest BCUT2D eigenvalue weighted by molar-refractivity contribution is 6.41. The topological polar surface area (TPSA) is 52.7 Å². The van der Waals surface area contributed by atoms with Crippen LogP contribution in [-0.2, 0) is 9.59 Å². The Bertz CT molecular complexity index is 1040. The average molecular weight is 458 g/mol. The van der Waals surface area contributed by atoms with Gasteiger partial charge in [-0.1, -0.05) is 29.3 Å². The van der Waals surface area contributed by atoms with Crippen molar-refractivity contribution < 1.29 is 9.59 Å². The van der Waals surface area contributed by atoms with Crippen LogP contribution in [0.15, 0.2) is 48.2 Å². The molecule has 0 radical (unpaired) electrons. The summed E-state index contributed by atoms with van der Waals surface area (Å²) in [6, 6.07) is 12.6. The minimum Gasteiger partial charge on any atom is -0.372 e. The minimum absolute atomic E-state index is 0.230. The number of halogens is 2. The third kappa shape index (κ3) is 4.30. The van der Waals surface area contributed by atoms with Gasteiger partial charge in [0.15, 0.2) is 0 Å². The first-order valence-corrected chi connectivity index (χ1v) is 11.3. The lowest BCUT2D eigenvalue weighted by Crippen LogP contribution is -2.38. The Kier molecular flexibility index (Phi) is 6.26. The van der Waals surface area contributed by atoms with Crippen LogP contribution in [0.4, 0.5) is 11.4 Å². The summed E-state index contributed by atoms with van der Waals surface area (Å²) in [6.07, 6.45) is 3.70. The molecule has 0 unspecified atom stereocenters. The molecule has 2 aromatic rings. The van der Waals surface area contributed by atoms with E-state index in [1.165, 1.54) is 24.2 Å². The maximum Gasteiger partial charge on any atom is 0.278 e. The largest absolute Gasteiger partial charge is 0.372 e. The van der Waals surface area contributed by atoms with E-state index < -0.39 is 0 Å². The Hall–Kier alpha value is -2.50. The van der Waals surface area contributed by atoms with Crippen molar-refractivity contribution in [1.29, 1.82) is 0 Å². The molecular formula is C24H25Cl2N3O2. The predicted molar refractivity (Wildman–Crippen MR) is 126 cm³/mol. The molecule has 0 spiro atoms. The molecule has 0 aliphatic carbocycles. The zero-order chi connectivity index (χ0) is 22.1. The highest BCUT2D eigenvalue weighted by Crippen LogP contribution is 2.36. The molecule has 0 aromatic heterocycles. The monoisotopic (exact) mass is 457 g/mol. The lowest BCUT2D eigenvalue weighted by molar-refractivity contribution is -0.138. The van der Waals surface area contributed by atoms with E-state index in [-0.39, 0.29) is 29.1 Å². The summed E-state index contributed by atoms with van der Waals surface area (Å²) in [5, 5.41) is 3.98. The van der Waals surface area contributed by atoms with Gasteiger partial charge in [-0.25, -0.2) is 0 Å². The predicted octanol–water partition coefficient (Wildman–Crippen LogP) is 5.58. The van der Waals surface area contributed by atoms with Gasteiger partial charge in [0.25, 0.3) is 11.8 Å². The third-order valence-electron chi connectivity index (χ3n) is 5.69. The maximum atomic E-state index is 13.2. The molecule has 0 bridgehead atoms. The van der Waals surface area contributed by atoms with Crippen LogP contribution >= 0.6 is 23.2 Å². The molecule has 2 aliphatic rings. The van der Waals surface area contributed by atoms with Crippen LogP contribution in [0.1, 0.15) is 38.7 Å². The second-order valence-electron chi connectivity index (χ2n) is 8.17. The molecule has 1 fully saturated rings. The van der Waals surface area contributed by atoms with E-state index >= 15 is 0 Å². The lowest BCUT2D eigenvalue weighted by Gasteiger charge is -2.28. The molecule has 1 N–H and O–H groups in total. The number of imide groups is 1. The van der Waals surface area contributed by atoms with Crippen molar-refractivity contribution in [2.75, 3.05) is 23.3 Å². The molecule has 2 aromatic carbocycles. The number of nitrogens with zero attached hydrogens (tertiary/aromatic N) is 2. The second-order valence-corrected chi connectivity index (χ2v) is 9.01. The van der Waals surface area contributed by atoms with E-state index in [4.69, 9.17) is 23.2 Å². The van der Waals surface area contributed by atoms with Crippen LogP contribution in [0.3, 0.4) is 0 Å². The molecule has 7 heteroatoms. The molecule has 2 amide bonds. The van der Waals surface area contributed by atoms with Gasteiger partial charge in [-0.3, -0.25) is 14.5 Å². The summed E-state index contributed by atoms with van der Waals surface area (Å²) in [6.45, 7) is 5.75. The van der Waals surface area contributed by atoms with Gasteiger partial charge in [0.05, 0.1) is 10.6 Å². The fourth-order valence-electron chi connectivity index (χ4n) is 4.13. The molecule has 4 rings (SSSR count). The van der Waals surface area contributed by atoms with E-state index in [9.17, 15) is 9.59 Å². The van der Waals surface area contributed by atoms with Crippen molar-refractivity contribution in [3.63, 3.8) is 0 Å². The first-order chi connectivity index (χ1) is 14.9. The number of rotatable bonds is 5. The fraction of sp³-hybridized carbons (Fsp3) is 0.333. The van der Waals surface area contributed by atoms with Gasteiger partial charge in [-0.05, 0) is 69.5 Å². The standard InChI is InChI=1S/C24H25Cl2N3O2/c1-15(2)29-23(30)21(19-11-6-16(25)14-20(19)26)22(24(29)31)27-17-7-9-18(10-8-17)28-12-4-3-5-13-28/h6-11,14-15,27H,3-5,12-13H2,1-2H3. The van der Waals surface area contributed by atoms with Crippen LogP contribution in [-0.4, -0.2) is 35.8 Å². The summed E-state index contributed by atoms with van der Waals surface area (Å²) in [7, 11) is 0. The van der Waals surface area contributed by atoms with E-state index in [2.05, 4.69) is 10.2 Å². The van der Waals surface area contributed by atoms with Crippen molar-refractivity contribution in [2.24, 2.45) is 0 Å². The molecular weight excluding hydrogens is 433 g/mol. The van der Waals surface area contributed by atoms with Gasteiger partial charge in [-0.2, -0.15) is 0 Å². The number of hydrogen-bond acceptors (Lipinski definition) is 4. The molecule has 162 valence electrons. The summed E-state index contributed by atoms with van der Waals surface area (Å²) in [5.74, 6) is -0.724. The molecule has 2 heterocycles. The molecule has 31 heavy (non-hydrogen) atoms. The zero-order valence-electron chi connectivity index (χ0n) is 17.6. The minimum atomic E-state index is -0.364. The van der Waals surface area contributed by atoms with Gasteiger partial charge < -0.3 is 10.2 Å². The van der Waals surface area contributed by atoms with Crippen LogP contribution in [0.25, 0.3) is 5.57 Å². The molecule has 1 saturated heterocycles. The normalized spacial score (nSPS) is 17.2. The molecule has 0 saturated carbocycles. The summed E-state index contributed by atoms with van der Waals surface area (Å²) >= 11 is 12.4. The van der Waals surface area contributed by atoms with E-state index in [0.717, 1.165) is 24.5 Å². The SMILES string of the molecule is CC(C)N1C(=O)C(Nc2ccc(N3CCCCC3)cc2)=C(c2ccc(Cl)cc2Cl)C1=O. The number of piperidine rings is 1. The lowest BCUT2D eigenvalue weighted by atomic mass is 10.0. The zero-order valence-corrected chi connectivity index (χ0v) is 19.1. The van der Waals surface area contributed by atoms with Crippen LogP contribution in [0, 0.1) is 0 Å². The molecule has 2 aliphatic heterocycles. The van der Waals surface area contributed by atoms with Crippen molar-refractivity contribution in [2.45, 2.75) is 39.2 Å². The van der Waals surface area contributed by atoms with E-state index in [0.29, 0.717) is 15.6 Å². The van der Waals surface area contributed by atoms with Crippen molar-refractivity contribution in [3.05, 3.63) is 63.8 Å². The van der Waals surface area contributed by atoms with Crippen LogP contribution in [0.2, 0.25) is 10.0 Å². The van der Waals surface area contributed by atoms with Gasteiger partial charge in [0.2, 0.25) is 0 Å². The summed E-state index contributed by atoms with van der Waals surface area (Å²) in [4.78, 5) is 29.9. The fourth-order valence-corrected chi connectivity index (χ4v) is 4.63. The number of benzene rings is 2. The molecule has 5 nitrogen and oxygen atoms in total. The Morgan fingerprint density at radius 1 is 0.903 bits per heavy atom. The number of nitrogens with one attached hydrogen (secondary N) is 1. The highest BCUT2D eigenvalue weighted by Gasteiger charge is 2.41. The van der Waals surface area contributed by atoms with Gasteiger partial charge in [-0.15, -0.1) is 0 Å². The maximum absolute atomic E-state index is 13.2. The first-order valence-electron chi connectivity index (χ1n) is 10.6. The van der Waals surface area contributed by atoms with Crippen molar-refractivity contribution >= 4 is 52.0 Å². The second kappa shape index (κ2) is 8.93. The van der Waals surface area contributed by atoms with Crippen LogP contribution < -0.4 is 10.2 Å². The van der Waals surface area contributed by atoms with Gasteiger partial charge >= 0.3 is 0 Å². The van der Waals surface area contributed by atoms with E-state index in [1.54, 1.807) is 18.2 Å². The summed E-state index contributed by atoms with van der Waals surface area (Å²) < 4.78 is 0. The Balaban J connectivity index is 1.69. The highest BCUT2D eigenvalue weighted by atomic mass is 35.5. The van der Waals surface area contributed by atoms with Crippen molar-refractivity contribution in [1.82, 2.24) is 4.90 Å². The van der Waals surface area contributed by atoms with Gasteiger partial charge in [0.1, 0.15) is 5.70 Å². The third-order valence-corrected chi connectivity index (χ3v) is 6.24. The van der Waals surface area contributed by atoms with Gasteiger partial charge in [0, 0.05) is 41.1 Å². The number of carbonyl (C=O) groups excluding carboxylic acids is 2. The Morgan fingerprint density at radius 2 is 1.58 bits per heavy atom. The number of amides is 2. The average Bonchev–Trinajstić information content (AvgIpc) is 2.99. The Morgan fingerprint density at radius 3 is 2.19 bits per heavy atom. The quantitative estimate of drug-likeness (QED) is 0.594. The number of hydrogen-bond donors (Lipinski definition) is 1. The first kappa shape index (κ1) is 21.7. The number of carbonyl (C=O) groups is 2. The van der Waals surface area contributed by atoms with E-state index in [1.807, 2.05) is 38.1 Å².